The molecule has 0 heterocycles. The van der Waals surface area contributed by atoms with E-state index < -0.39 is 5.54 Å². The summed E-state index contributed by atoms with van der Waals surface area (Å²) >= 11 is 0. The van der Waals surface area contributed by atoms with E-state index in [2.05, 4.69) is 44.1 Å². The molecule has 3 heteroatoms. The van der Waals surface area contributed by atoms with Crippen molar-refractivity contribution in [2.75, 3.05) is 20.1 Å². The lowest BCUT2D eigenvalue weighted by Crippen LogP contribution is -2.46. The average molecular weight is 237 g/mol. The van der Waals surface area contributed by atoms with Crippen LogP contribution in [0.3, 0.4) is 0 Å². The lowest BCUT2D eigenvalue weighted by Gasteiger charge is -2.31. The fraction of sp³-hybridized carbons (Fsp3) is 0.929. The highest BCUT2D eigenvalue weighted by atomic mass is 15.1. The molecule has 4 unspecified atom stereocenters. The fourth-order valence-electron chi connectivity index (χ4n) is 2.50. The predicted octanol–water partition coefficient (Wildman–Crippen LogP) is 2.24. The third-order valence-corrected chi connectivity index (χ3v) is 4.07. The first-order valence-corrected chi connectivity index (χ1v) is 6.78. The lowest BCUT2D eigenvalue weighted by molar-refractivity contribution is 0.204. The minimum atomic E-state index is -0.391. The van der Waals surface area contributed by atoms with Crippen LogP contribution in [0, 0.1) is 23.2 Å². The van der Waals surface area contributed by atoms with E-state index in [0.29, 0.717) is 6.04 Å². The van der Waals surface area contributed by atoms with Crippen molar-refractivity contribution in [3.8, 4) is 6.07 Å². The molecule has 0 saturated heterocycles. The molecule has 1 aliphatic carbocycles. The van der Waals surface area contributed by atoms with Gasteiger partial charge in [0.1, 0.15) is 5.54 Å². The van der Waals surface area contributed by atoms with Crippen molar-refractivity contribution in [1.29, 1.82) is 5.26 Å². The Morgan fingerprint density at radius 3 is 2.59 bits per heavy atom. The number of hydrogen-bond donors (Lipinski definition) is 1. The second kappa shape index (κ2) is 5.84. The van der Waals surface area contributed by atoms with Crippen LogP contribution in [0.5, 0.6) is 0 Å². The van der Waals surface area contributed by atoms with E-state index in [9.17, 15) is 5.26 Å². The molecule has 0 spiro atoms. The van der Waals surface area contributed by atoms with E-state index >= 15 is 0 Å². The number of hydrogen-bond acceptors (Lipinski definition) is 3. The Balaban J connectivity index is 2.40. The van der Waals surface area contributed by atoms with Crippen LogP contribution >= 0.6 is 0 Å². The van der Waals surface area contributed by atoms with Gasteiger partial charge in [-0.25, -0.2) is 0 Å². The van der Waals surface area contributed by atoms with Gasteiger partial charge in [0.25, 0.3) is 0 Å². The van der Waals surface area contributed by atoms with Gasteiger partial charge >= 0.3 is 0 Å². The molecule has 98 valence electrons. The molecule has 1 fully saturated rings. The lowest BCUT2D eigenvalue weighted by atomic mass is 9.94. The Morgan fingerprint density at radius 2 is 2.18 bits per heavy atom. The van der Waals surface area contributed by atoms with Gasteiger partial charge < -0.3 is 4.90 Å². The van der Waals surface area contributed by atoms with Gasteiger partial charge in [0.05, 0.1) is 6.07 Å². The Labute approximate surface area is 106 Å². The normalized spacial score (nSPS) is 28.5. The van der Waals surface area contributed by atoms with Crippen LogP contribution in [0.4, 0.5) is 0 Å². The zero-order chi connectivity index (χ0) is 13.1. The first-order valence-electron chi connectivity index (χ1n) is 6.78. The highest BCUT2D eigenvalue weighted by Gasteiger charge is 2.35. The zero-order valence-corrected chi connectivity index (χ0v) is 12.0. The molecule has 0 aromatic heterocycles. The van der Waals surface area contributed by atoms with Gasteiger partial charge in [-0.15, -0.1) is 0 Å². The van der Waals surface area contributed by atoms with Crippen LogP contribution in [-0.4, -0.2) is 36.6 Å². The quantitative estimate of drug-likeness (QED) is 0.738. The molecule has 1 rings (SSSR count). The molecular formula is C14H27N3. The Kier molecular flexibility index (Phi) is 4.97. The van der Waals surface area contributed by atoms with Gasteiger partial charge in [-0.2, -0.15) is 5.26 Å². The van der Waals surface area contributed by atoms with Gasteiger partial charge in [0.15, 0.2) is 0 Å². The largest absolute Gasteiger partial charge is 0.303 e. The molecule has 0 aromatic rings. The first kappa shape index (κ1) is 14.5. The van der Waals surface area contributed by atoms with Crippen molar-refractivity contribution in [3.63, 3.8) is 0 Å². The van der Waals surface area contributed by atoms with Crippen LogP contribution in [0.1, 0.15) is 40.5 Å². The number of nitriles is 1. The Bertz CT molecular complexity index is 284. The molecule has 1 aliphatic rings. The van der Waals surface area contributed by atoms with Crippen LogP contribution in [0.15, 0.2) is 0 Å². The summed E-state index contributed by atoms with van der Waals surface area (Å²) in [7, 11) is 2.18. The van der Waals surface area contributed by atoms with Gasteiger partial charge in [-0.3, -0.25) is 5.32 Å². The monoisotopic (exact) mass is 237 g/mol. The number of rotatable bonds is 7. The van der Waals surface area contributed by atoms with E-state index in [1.165, 1.54) is 13.0 Å². The smallest absolute Gasteiger partial charge is 0.105 e. The highest BCUT2D eigenvalue weighted by molar-refractivity contribution is 5.05. The molecule has 0 bridgehead atoms. The molecule has 0 amide bonds. The SMILES string of the molecule is CCNC(C)(C#N)CC(C)N(C)CC1CC1C. The minimum Gasteiger partial charge on any atom is -0.303 e. The predicted molar refractivity (Wildman–Crippen MR) is 71.7 cm³/mol. The third kappa shape index (κ3) is 4.29. The van der Waals surface area contributed by atoms with E-state index in [-0.39, 0.29) is 0 Å². The van der Waals surface area contributed by atoms with Gasteiger partial charge in [-0.05, 0) is 52.1 Å². The van der Waals surface area contributed by atoms with Crippen LogP contribution in [0.2, 0.25) is 0 Å². The van der Waals surface area contributed by atoms with E-state index in [0.717, 1.165) is 24.8 Å². The maximum atomic E-state index is 9.25. The maximum absolute atomic E-state index is 9.25. The molecule has 0 aromatic carbocycles. The molecule has 0 radical (unpaired) electrons. The van der Waals surface area contributed by atoms with Crippen LogP contribution < -0.4 is 5.32 Å². The molecule has 4 atom stereocenters. The molecule has 1 saturated carbocycles. The van der Waals surface area contributed by atoms with Crippen molar-refractivity contribution in [1.82, 2.24) is 10.2 Å². The second-order valence-corrected chi connectivity index (χ2v) is 5.94. The van der Waals surface area contributed by atoms with Crippen LogP contribution in [-0.2, 0) is 0 Å². The summed E-state index contributed by atoms with van der Waals surface area (Å²) in [5, 5.41) is 12.5. The first-order chi connectivity index (χ1) is 7.91. The van der Waals surface area contributed by atoms with E-state index in [4.69, 9.17) is 0 Å². The second-order valence-electron chi connectivity index (χ2n) is 5.94. The average Bonchev–Trinajstić information content (AvgIpc) is 2.94. The summed E-state index contributed by atoms with van der Waals surface area (Å²) in [6.07, 6.45) is 2.26. The zero-order valence-electron chi connectivity index (χ0n) is 12.0. The Morgan fingerprint density at radius 1 is 1.59 bits per heavy atom. The van der Waals surface area contributed by atoms with E-state index in [1.807, 2.05) is 6.92 Å². The topological polar surface area (TPSA) is 39.1 Å². The number of nitrogens with zero attached hydrogens (tertiary/aromatic N) is 2. The third-order valence-electron chi connectivity index (χ3n) is 4.07. The van der Waals surface area contributed by atoms with Gasteiger partial charge in [0.2, 0.25) is 0 Å². The molecule has 17 heavy (non-hydrogen) atoms. The summed E-state index contributed by atoms with van der Waals surface area (Å²) in [6, 6.07) is 2.86. The fourth-order valence-corrected chi connectivity index (χ4v) is 2.50. The van der Waals surface area contributed by atoms with Crippen LogP contribution in [0.25, 0.3) is 0 Å². The summed E-state index contributed by atoms with van der Waals surface area (Å²) in [5.74, 6) is 1.79. The molecule has 1 N–H and O–H groups in total. The van der Waals surface area contributed by atoms with Crippen molar-refractivity contribution in [3.05, 3.63) is 0 Å². The number of nitrogens with one attached hydrogen (secondary N) is 1. The summed E-state index contributed by atoms with van der Waals surface area (Å²) < 4.78 is 0. The van der Waals surface area contributed by atoms with Crippen molar-refractivity contribution in [2.24, 2.45) is 11.8 Å². The summed E-state index contributed by atoms with van der Waals surface area (Å²) in [5.41, 5.74) is -0.391. The summed E-state index contributed by atoms with van der Waals surface area (Å²) in [6.45, 7) is 10.6. The molecule has 0 aliphatic heterocycles. The van der Waals surface area contributed by atoms with Gasteiger partial charge in [0, 0.05) is 12.6 Å². The molecule has 3 nitrogen and oxygen atoms in total. The highest BCUT2D eigenvalue weighted by Crippen LogP contribution is 2.38. The standard InChI is InChI=1S/C14H27N3/c1-6-16-14(4,10-15)8-12(3)17(5)9-13-7-11(13)2/h11-13,16H,6-9H2,1-5H3. The van der Waals surface area contributed by atoms with Crippen molar-refractivity contribution in [2.45, 2.75) is 52.1 Å². The maximum Gasteiger partial charge on any atom is 0.105 e. The summed E-state index contributed by atoms with van der Waals surface area (Å²) in [4.78, 5) is 2.40. The van der Waals surface area contributed by atoms with Crippen molar-refractivity contribution < 1.29 is 0 Å². The Hall–Kier alpha value is -0.590. The van der Waals surface area contributed by atoms with Crippen molar-refractivity contribution >= 4 is 0 Å². The van der Waals surface area contributed by atoms with Gasteiger partial charge in [-0.1, -0.05) is 13.8 Å². The van der Waals surface area contributed by atoms with E-state index in [1.54, 1.807) is 0 Å². The minimum absolute atomic E-state index is 0.391. The molecular weight excluding hydrogens is 210 g/mol.